The summed E-state index contributed by atoms with van der Waals surface area (Å²) in [5.41, 5.74) is 22.5. The zero-order chi connectivity index (χ0) is 42.0. The van der Waals surface area contributed by atoms with Crippen LogP contribution in [-0.4, -0.2) is 0 Å². The number of furan rings is 1. The summed E-state index contributed by atoms with van der Waals surface area (Å²) in [4.78, 5) is 2.52. The SMILES string of the molecule is CC(C)c1cc(C(C)C)c2oc3ccc(-c4ccccc4N(c4ccc5c(c4)C(C)(C)c4ccccc4-5)c4ccc5c(c4)C(C)(C)c4cccc(C(C)(C)C)c4-5)cc3c2c1. The maximum absolute atomic E-state index is 6.68. The fraction of sp³-hybridized carbons (Fsp3) is 0.276. The van der Waals surface area contributed by atoms with Gasteiger partial charge >= 0.3 is 0 Å². The van der Waals surface area contributed by atoms with Crippen molar-refractivity contribution in [1.29, 1.82) is 0 Å². The summed E-state index contributed by atoms with van der Waals surface area (Å²) in [5, 5.41) is 2.36. The third-order valence-corrected chi connectivity index (χ3v) is 13.9. The molecule has 0 amide bonds. The normalized spacial score (nSPS) is 14.8. The molecule has 2 aliphatic rings. The van der Waals surface area contributed by atoms with Gasteiger partial charge in [0, 0.05) is 38.5 Å². The highest BCUT2D eigenvalue weighted by Gasteiger charge is 2.40. The van der Waals surface area contributed by atoms with Crippen LogP contribution in [0.25, 0.3) is 55.3 Å². The number of hydrogen-bond acceptors (Lipinski definition) is 2. The lowest BCUT2D eigenvalue weighted by atomic mass is 9.79. The summed E-state index contributed by atoms with van der Waals surface area (Å²) in [6.45, 7) is 25.7. The van der Waals surface area contributed by atoms with Crippen molar-refractivity contribution in [1.82, 2.24) is 0 Å². The van der Waals surface area contributed by atoms with Crippen molar-refractivity contribution in [3.05, 3.63) is 172 Å². The Kier molecular flexibility index (Phi) is 8.51. The molecule has 60 heavy (non-hydrogen) atoms. The van der Waals surface area contributed by atoms with Gasteiger partial charge in [0.2, 0.25) is 0 Å². The van der Waals surface area contributed by atoms with Crippen LogP contribution in [0.4, 0.5) is 17.1 Å². The molecule has 0 saturated heterocycles. The molecule has 1 heterocycles. The summed E-state index contributed by atoms with van der Waals surface area (Å²) in [5.74, 6) is 0.778. The maximum Gasteiger partial charge on any atom is 0.138 e. The zero-order valence-corrected chi connectivity index (χ0v) is 37.2. The van der Waals surface area contributed by atoms with Crippen LogP contribution in [0.3, 0.4) is 0 Å². The van der Waals surface area contributed by atoms with E-state index in [9.17, 15) is 0 Å². The van der Waals surface area contributed by atoms with E-state index in [0.29, 0.717) is 11.8 Å². The second-order valence-electron chi connectivity index (χ2n) is 20.2. The smallest absolute Gasteiger partial charge is 0.138 e. The first-order valence-electron chi connectivity index (χ1n) is 22.0. The van der Waals surface area contributed by atoms with Gasteiger partial charge in [-0.15, -0.1) is 0 Å². The van der Waals surface area contributed by atoms with Crippen molar-refractivity contribution < 1.29 is 4.42 Å². The number of rotatable bonds is 6. The lowest BCUT2D eigenvalue weighted by Crippen LogP contribution is -2.18. The zero-order valence-electron chi connectivity index (χ0n) is 37.2. The Morgan fingerprint density at radius 3 is 1.83 bits per heavy atom. The Labute approximate surface area is 356 Å². The van der Waals surface area contributed by atoms with Gasteiger partial charge in [-0.2, -0.15) is 0 Å². The van der Waals surface area contributed by atoms with Crippen LogP contribution in [0.1, 0.15) is 127 Å². The highest BCUT2D eigenvalue weighted by atomic mass is 16.3. The number of hydrogen-bond donors (Lipinski definition) is 0. The van der Waals surface area contributed by atoms with Gasteiger partial charge in [-0.1, -0.05) is 161 Å². The molecule has 0 spiro atoms. The molecule has 0 unspecified atom stereocenters. The quantitative estimate of drug-likeness (QED) is 0.167. The van der Waals surface area contributed by atoms with Gasteiger partial charge < -0.3 is 9.32 Å². The molecular formula is C58H57NO. The average molecular weight is 784 g/mol. The molecule has 1 aromatic heterocycles. The van der Waals surface area contributed by atoms with Crippen LogP contribution in [0.15, 0.2) is 138 Å². The lowest BCUT2D eigenvalue weighted by molar-refractivity contribution is 0.589. The molecule has 8 aromatic rings. The van der Waals surface area contributed by atoms with Gasteiger partial charge in [-0.25, -0.2) is 0 Å². The summed E-state index contributed by atoms with van der Waals surface area (Å²) >= 11 is 0. The second kappa shape index (κ2) is 13.3. The molecule has 0 saturated carbocycles. The minimum absolute atomic E-state index is 0.0234. The van der Waals surface area contributed by atoms with Gasteiger partial charge in [-0.3, -0.25) is 0 Å². The summed E-state index contributed by atoms with van der Waals surface area (Å²) < 4.78 is 6.68. The van der Waals surface area contributed by atoms with Crippen LogP contribution in [-0.2, 0) is 16.2 Å². The Bertz CT molecular complexity index is 3030. The topological polar surface area (TPSA) is 16.4 Å². The van der Waals surface area contributed by atoms with Gasteiger partial charge in [-0.05, 0) is 133 Å². The molecule has 0 bridgehead atoms. The van der Waals surface area contributed by atoms with E-state index in [1.807, 2.05) is 0 Å². The monoisotopic (exact) mass is 783 g/mol. The fourth-order valence-electron chi connectivity index (χ4n) is 10.6. The van der Waals surface area contributed by atoms with E-state index in [2.05, 4.69) is 215 Å². The first kappa shape index (κ1) is 38.3. The number of benzene rings is 7. The van der Waals surface area contributed by atoms with Gasteiger partial charge in [0.15, 0.2) is 0 Å². The van der Waals surface area contributed by atoms with Gasteiger partial charge in [0.25, 0.3) is 0 Å². The van der Waals surface area contributed by atoms with E-state index in [4.69, 9.17) is 4.42 Å². The van der Waals surface area contributed by atoms with Crippen LogP contribution in [0.2, 0.25) is 0 Å². The molecule has 10 rings (SSSR count). The Morgan fingerprint density at radius 1 is 0.517 bits per heavy atom. The van der Waals surface area contributed by atoms with E-state index < -0.39 is 0 Å². The number of anilines is 3. The third kappa shape index (κ3) is 5.67. The molecule has 2 heteroatoms. The van der Waals surface area contributed by atoms with Crippen LogP contribution in [0.5, 0.6) is 0 Å². The van der Waals surface area contributed by atoms with Crippen LogP contribution >= 0.6 is 0 Å². The molecular weight excluding hydrogens is 727 g/mol. The lowest BCUT2D eigenvalue weighted by Gasteiger charge is -2.31. The van der Waals surface area contributed by atoms with E-state index in [1.165, 1.54) is 77.7 Å². The molecule has 2 aliphatic carbocycles. The van der Waals surface area contributed by atoms with E-state index in [-0.39, 0.29) is 16.2 Å². The van der Waals surface area contributed by atoms with Crippen molar-refractivity contribution >= 4 is 39.0 Å². The van der Waals surface area contributed by atoms with E-state index >= 15 is 0 Å². The Morgan fingerprint density at radius 2 is 1.13 bits per heavy atom. The Hall–Kier alpha value is -5.86. The highest BCUT2D eigenvalue weighted by molar-refractivity contribution is 6.08. The summed E-state index contributed by atoms with van der Waals surface area (Å²) in [7, 11) is 0. The van der Waals surface area contributed by atoms with Crippen LogP contribution in [0, 0.1) is 0 Å². The van der Waals surface area contributed by atoms with Crippen molar-refractivity contribution in [2.45, 2.75) is 104 Å². The van der Waals surface area contributed by atoms with Gasteiger partial charge in [0.1, 0.15) is 11.2 Å². The minimum Gasteiger partial charge on any atom is -0.456 e. The standard InChI is InChI=1S/C58H57NO/c1-34(2)37-30-44(35(3)4)55-46(31-37)45-29-36(23-28-53(45)60-55)40-17-13-15-22-52(40)59(38-24-26-42-41-18-12-14-19-47(41)57(8,9)50(42)32-38)39-25-27-43-51(33-39)58(10,11)49-21-16-20-48(54(43)49)56(5,6)7/h12-35H,1-11H3. The Balaban J connectivity index is 1.20. The highest BCUT2D eigenvalue weighted by Crippen LogP contribution is 2.55. The first-order chi connectivity index (χ1) is 28.6. The molecule has 300 valence electrons. The number of fused-ring (bicyclic) bond motifs is 9. The van der Waals surface area contributed by atoms with Crippen molar-refractivity contribution in [2.24, 2.45) is 0 Å². The predicted octanol–water partition coefficient (Wildman–Crippen LogP) is 16.9. The molecule has 0 atom stereocenters. The second-order valence-corrected chi connectivity index (χ2v) is 20.2. The predicted molar refractivity (Wildman–Crippen MR) is 256 cm³/mol. The first-order valence-corrected chi connectivity index (χ1v) is 22.0. The molecule has 0 aliphatic heterocycles. The number of para-hydroxylation sites is 1. The van der Waals surface area contributed by atoms with Gasteiger partial charge in [0.05, 0.1) is 5.69 Å². The van der Waals surface area contributed by atoms with Crippen molar-refractivity contribution in [3.8, 4) is 33.4 Å². The fourth-order valence-corrected chi connectivity index (χ4v) is 10.6. The summed E-state index contributed by atoms with van der Waals surface area (Å²) in [6.07, 6.45) is 0. The van der Waals surface area contributed by atoms with E-state index in [0.717, 1.165) is 33.6 Å². The van der Waals surface area contributed by atoms with Crippen molar-refractivity contribution in [3.63, 3.8) is 0 Å². The molecule has 0 radical (unpaired) electrons. The largest absolute Gasteiger partial charge is 0.456 e. The molecule has 0 N–H and O–H groups in total. The number of nitrogens with zero attached hydrogens (tertiary/aromatic N) is 1. The summed E-state index contributed by atoms with van der Waals surface area (Å²) in [6, 6.07) is 50.8. The maximum atomic E-state index is 6.68. The van der Waals surface area contributed by atoms with Crippen LogP contribution < -0.4 is 4.90 Å². The minimum atomic E-state index is -0.161. The van der Waals surface area contributed by atoms with Crippen molar-refractivity contribution in [2.75, 3.05) is 4.90 Å². The average Bonchev–Trinajstić information content (AvgIpc) is 3.79. The molecule has 2 nitrogen and oxygen atoms in total. The van der Waals surface area contributed by atoms with E-state index in [1.54, 1.807) is 0 Å². The third-order valence-electron chi connectivity index (χ3n) is 13.9. The molecule has 0 fully saturated rings. The molecule has 7 aromatic carbocycles.